The number of aromatic nitrogens is 2. The minimum absolute atomic E-state index is 0.00505. The molecule has 0 aliphatic carbocycles. The van der Waals surface area contributed by atoms with E-state index in [1.165, 1.54) is 7.11 Å². The molecule has 0 spiro atoms. The molecule has 104 valence electrons. The van der Waals surface area contributed by atoms with E-state index >= 15 is 0 Å². The molecule has 1 aliphatic rings. The van der Waals surface area contributed by atoms with Crippen molar-refractivity contribution in [2.24, 2.45) is 5.92 Å². The second-order valence-electron chi connectivity index (χ2n) is 5.98. The summed E-state index contributed by atoms with van der Waals surface area (Å²) in [5.74, 6) is 0.648. The van der Waals surface area contributed by atoms with E-state index in [1.807, 2.05) is 12.1 Å². The fourth-order valence-corrected chi connectivity index (χ4v) is 2.22. The maximum Gasteiger partial charge on any atom is 0.310 e. The van der Waals surface area contributed by atoms with Crippen LogP contribution in [-0.4, -0.2) is 36.4 Å². The van der Waals surface area contributed by atoms with Crippen molar-refractivity contribution in [3.63, 3.8) is 0 Å². The Balaban J connectivity index is 2.06. The highest BCUT2D eigenvalue weighted by molar-refractivity contribution is 5.74. The maximum absolute atomic E-state index is 11.5. The first-order chi connectivity index (χ1) is 8.91. The van der Waals surface area contributed by atoms with Gasteiger partial charge in [0.2, 0.25) is 0 Å². The lowest BCUT2D eigenvalue weighted by Crippen LogP contribution is -2.25. The van der Waals surface area contributed by atoms with Crippen LogP contribution in [0.25, 0.3) is 0 Å². The summed E-state index contributed by atoms with van der Waals surface area (Å²) < 4.78 is 4.78. The third-order valence-corrected chi connectivity index (χ3v) is 3.47. The lowest BCUT2D eigenvalue weighted by Gasteiger charge is -2.20. The molecule has 0 saturated carbocycles. The first kappa shape index (κ1) is 13.8. The minimum atomic E-state index is -0.137. The van der Waals surface area contributed by atoms with Crippen LogP contribution in [-0.2, 0) is 14.9 Å². The topological polar surface area (TPSA) is 55.3 Å². The molecule has 0 bridgehead atoms. The van der Waals surface area contributed by atoms with Crippen molar-refractivity contribution in [3.8, 4) is 0 Å². The predicted octanol–water partition coefficient (Wildman–Crippen LogP) is 1.77. The summed E-state index contributed by atoms with van der Waals surface area (Å²) in [5.41, 5.74) is 0.977. The van der Waals surface area contributed by atoms with Crippen molar-refractivity contribution in [2.75, 3.05) is 25.1 Å². The number of nitrogens with zero attached hydrogens (tertiary/aromatic N) is 3. The number of anilines is 1. The van der Waals surface area contributed by atoms with E-state index in [1.54, 1.807) is 0 Å². The first-order valence-corrected chi connectivity index (χ1v) is 6.59. The van der Waals surface area contributed by atoms with Crippen LogP contribution in [0.3, 0.4) is 0 Å². The Hall–Kier alpha value is -1.65. The Kier molecular flexibility index (Phi) is 3.73. The SMILES string of the molecule is COC(=O)C1CCN(c2ccc(C(C)(C)C)nn2)C1. The van der Waals surface area contributed by atoms with Gasteiger partial charge in [0.25, 0.3) is 0 Å². The van der Waals surface area contributed by atoms with Crippen molar-refractivity contribution in [1.82, 2.24) is 10.2 Å². The van der Waals surface area contributed by atoms with E-state index in [9.17, 15) is 4.79 Å². The molecular formula is C14H21N3O2. The molecule has 1 aromatic rings. The summed E-state index contributed by atoms with van der Waals surface area (Å²) in [7, 11) is 1.43. The number of hydrogen-bond acceptors (Lipinski definition) is 5. The normalized spacial score (nSPS) is 19.6. The van der Waals surface area contributed by atoms with Gasteiger partial charge in [0, 0.05) is 18.5 Å². The summed E-state index contributed by atoms with van der Waals surface area (Å²) in [6.45, 7) is 7.82. The highest BCUT2D eigenvalue weighted by Crippen LogP contribution is 2.24. The predicted molar refractivity (Wildman–Crippen MR) is 73.1 cm³/mol. The Morgan fingerprint density at radius 2 is 2.11 bits per heavy atom. The van der Waals surface area contributed by atoms with Gasteiger partial charge >= 0.3 is 5.97 Å². The van der Waals surface area contributed by atoms with E-state index in [4.69, 9.17) is 4.74 Å². The van der Waals surface area contributed by atoms with Gasteiger partial charge in [0.15, 0.2) is 5.82 Å². The number of rotatable bonds is 2. The first-order valence-electron chi connectivity index (χ1n) is 6.59. The molecule has 1 aliphatic heterocycles. The van der Waals surface area contributed by atoms with Crippen LogP contribution in [0.15, 0.2) is 12.1 Å². The molecule has 19 heavy (non-hydrogen) atoms. The van der Waals surface area contributed by atoms with Gasteiger partial charge in [0.05, 0.1) is 18.7 Å². The fourth-order valence-electron chi connectivity index (χ4n) is 2.22. The Morgan fingerprint density at radius 3 is 2.63 bits per heavy atom. The molecule has 1 aromatic heterocycles. The van der Waals surface area contributed by atoms with Crippen molar-refractivity contribution < 1.29 is 9.53 Å². The molecule has 0 aromatic carbocycles. The fraction of sp³-hybridized carbons (Fsp3) is 0.643. The Bertz CT molecular complexity index is 451. The second kappa shape index (κ2) is 5.15. The molecule has 1 atom stereocenters. The van der Waals surface area contributed by atoms with Crippen LogP contribution in [0.5, 0.6) is 0 Å². The van der Waals surface area contributed by atoms with Gasteiger partial charge in [0.1, 0.15) is 0 Å². The third-order valence-electron chi connectivity index (χ3n) is 3.47. The molecule has 5 heteroatoms. The van der Waals surface area contributed by atoms with Crippen LogP contribution in [0.2, 0.25) is 0 Å². The van der Waals surface area contributed by atoms with Crippen LogP contribution >= 0.6 is 0 Å². The molecule has 2 rings (SSSR count). The van der Waals surface area contributed by atoms with E-state index in [2.05, 4.69) is 35.9 Å². The molecule has 5 nitrogen and oxygen atoms in total. The standard InChI is InChI=1S/C14H21N3O2/c1-14(2,3)11-5-6-12(16-15-11)17-8-7-10(9-17)13(18)19-4/h5-6,10H,7-9H2,1-4H3. The molecule has 0 N–H and O–H groups in total. The van der Waals surface area contributed by atoms with Gasteiger partial charge in [-0.05, 0) is 18.6 Å². The van der Waals surface area contributed by atoms with Crippen molar-refractivity contribution in [2.45, 2.75) is 32.6 Å². The summed E-state index contributed by atoms with van der Waals surface area (Å²) in [6, 6.07) is 3.99. The number of hydrogen-bond donors (Lipinski definition) is 0. The zero-order chi connectivity index (χ0) is 14.0. The number of carbonyl (C=O) groups is 1. The highest BCUT2D eigenvalue weighted by atomic mass is 16.5. The van der Waals surface area contributed by atoms with Gasteiger partial charge in [-0.2, -0.15) is 5.10 Å². The van der Waals surface area contributed by atoms with E-state index < -0.39 is 0 Å². The molecule has 1 saturated heterocycles. The van der Waals surface area contributed by atoms with E-state index in [0.29, 0.717) is 6.54 Å². The van der Waals surface area contributed by atoms with E-state index in [-0.39, 0.29) is 17.3 Å². The zero-order valence-electron chi connectivity index (χ0n) is 12.0. The number of esters is 1. The van der Waals surface area contributed by atoms with E-state index in [0.717, 1.165) is 24.5 Å². The Morgan fingerprint density at radius 1 is 1.37 bits per heavy atom. The average molecular weight is 263 g/mol. The molecule has 2 heterocycles. The van der Waals surface area contributed by atoms with Crippen molar-refractivity contribution in [1.29, 1.82) is 0 Å². The largest absolute Gasteiger partial charge is 0.469 e. The maximum atomic E-state index is 11.5. The van der Waals surface area contributed by atoms with Gasteiger partial charge in [-0.25, -0.2) is 0 Å². The summed E-state index contributed by atoms with van der Waals surface area (Å²) in [5, 5.41) is 8.55. The lowest BCUT2D eigenvalue weighted by molar-refractivity contribution is -0.144. The Labute approximate surface area is 114 Å². The van der Waals surface area contributed by atoms with Gasteiger partial charge in [-0.15, -0.1) is 5.10 Å². The average Bonchev–Trinajstić information content (AvgIpc) is 2.86. The lowest BCUT2D eigenvalue weighted by atomic mass is 9.92. The highest BCUT2D eigenvalue weighted by Gasteiger charge is 2.30. The summed E-state index contributed by atoms with van der Waals surface area (Å²) in [6.07, 6.45) is 0.815. The molecule has 0 amide bonds. The summed E-state index contributed by atoms with van der Waals surface area (Å²) in [4.78, 5) is 13.6. The molecule has 0 radical (unpaired) electrons. The monoisotopic (exact) mass is 263 g/mol. The third kappa shape index (κ3) is 3.03. The number of carbonyl (C=O) groups excluding carboxylic acids is 1. The van der Waals surface area contributed by atoms with Gasteiger partial charge in [-0.1, -0.05) is 20.8 Å². The quantitative estimate of drug-likeness (QED) is 0.761. The smallest absolute Gasteiger partial charge is 0.310 e. The van der Waals surface area contributed by atoms with Crippen molar-refractivity contribution >= 4 is 11.8 Å². The number of ether oxygens (including phenoxy) is 1. The van der Waals surface area contributed by atoms with Crippen molar-refractivity contribution in [3.05, 3.63) is 17.8 Å². The van der Waals surface area contributed by atoms with Crippen LogP contribution in [0.1, 0.15) is 32.9 Å². The molecule has 1 fully saturated rings. The summed E-state index contributed by atoms with van der Waals surface area (Å²) >= 11 is 0. The van der Waals surface area contributed by atoms with Crippen LogP contribution < -0.4 is 4.90 Å². The van der Waals surface area contributed by atoms with Gasteiger partial charge in [-0.3, -0.25) is 4.79 Å². The number of methoxy groups -OCH3 is 1. The second-order valence-corrected chi connectivity index (χ2v) is 5.98. The molecule has 1 unspecified atom stereocenters. The zero-order valence-corrected chi connectivity index (χ0v) is 12.0. The van der Waals surface area contributed by atoms with Gasteiger partial charge < -0.3 is 9.64 Å². The van der Waals surface area contributed by atoms with Crippen LogP contribution in [0.4, 0.5) is 5.82 Å². The van der Waals surface area contributed by atoms with Crippen LogP contribution in [0, 0.1) is 5.92 Å². The molecular weight excluding hydrogens is 242 g/mol. The minimum Gasteiger partial charge on any atom is -0.469 e.